The van der Waals surface area contributed by atoms with Crippen LogP contribution in [0, 0.1) is 10.8 Å². The topological polar surface area (TPSA) is 55.5 Å². The maximum atomic E-state index is 12.6. The molecule has 3 N–H and O–H groups in total. The van der Waals surface area contributed by atoms with E-state index < -0.39 is 17.1 Å². The average molecular weight is 401 g/mol. The number of aliphatic hydroxyl groups excluding tert-OH is 1. The van der Waals surface area contributed by atoms with E-state index in [0.717, 1.165) is 16.9 Å². The molecule has 0 aromatic rings. The molecule has 0 saturated carbocycles. The van der Waals surface area contributed by atoms with Crippen LogP contribution in [0.25, 0.3) is 0 Å². The summed E-state index contributed by atoms with van der Waals surface area (Å²) in [5.41, 5.74) is 7.50. The molecule has 7 heteroatoms. The van der Waals surface area contributed by atoms with Crippen molar-refractivity contribution >= 4 is 17.1 Å². The molecule has 2 aliphatic rings. The second kappa shape index (κ2) is 7.09. The van der Waals surface area contributed by atoms with E-state index in [-0.39, 0.29) is 28.5 Å². The van der Waals surface area contributed by atoms with Gasteiger partial charge in [0.15, 0.2) is 0 Å². The van der Waals surface area contributed by atoms with Crippen LogP contribution in [0.15, 0.2) is 46.4 Å². The first-order chi connectivity index (χ1) is 12.1. The Morgan fingerprint density at radius 1 is 1.30 bits per heavy atom. The van der Waals surface area contributed by atoms with Gasteiger partial charge in [0.05, 0.1) is 12.7 Å². The molecule has 3 nitrogen and oxygen atoms in total. The molecule has 0 saturated heterocycles. The van der Waals surface area contributed by atoms with E-state index in [9.17, 15) is 18.3 Å². The predicted octanol–water partition coefficient (Wildman–Crippen LogP) is 4.74. The van der Waals surface area contributed by atoms with E-state index in [2.05, 4.69) is 46.8 Å². The number of alkyl halides is 3. The zero-order valence-corrected chi connectivity index (χ0v) is 17.0. The maximum absolute atomic E-state index is 12.6. The number of hydrogen-bond donors (Lipinski definition) is 2. The minimum Gasteiger partial charge on any atom is -0.492 e. The number of ether oxygens (including phenoxy) is 1. The SMILES string of the molecule is CC(C)(C)C1=C(C2=CC=C(C(N)=CC(=S)C(F)(F)F)C(O)C2)OCC1(C)C. The number of halogens is 3. The fourth-order valence-corrected chi connectivity index (χ4v) is 3.89. The summed E-state index contributed by atoms with van der Waals surface area (Å²) in [4.78, 5) is -1.22. The molecule has 0 aromatic heterocycles. The van der Waals surface area contributed by atoms with Crippen molar-refractivity contribution in [3.8, 4) is 0 Å². The van der Waals surface area contributed by atoms with Crippen molar-refractivity contribution in [1.29, 1.82) is 0 Å². The first-order valence-electron chi connectivity index (χ1n) is 8.70. The van der Waals surface area contributed by atoms with Crippen molar-refractivity contribution in [2.75, 3.05) is 6.61 Å². The second-order valence-corrected chi connectivity index (χ2v) is 9.06. The van der Waals surface area contributed by atoms with Gasteiger partial charge in [0.25, 0.3) is 0 Å². The molecular formula is C20H26F3NO2S. The maximum Gasteiger partial charge on any atom is 0.426 e. The minimum absolute atomic E-state index is 0.122. The van der Waals surface area contributed by atoms with Gasteiger partial charge in [-0.2, -0.15) is 13.2 Å². The van der Waals surface area contributed by atoms with Crippen molar-refractivity contribution in [1.82, 2.24) is 0 Å². The molecule has 1 atom stereocenters. The standard InChI is InChI=1S/C20H26F3NO2S/c1-18(2,3)17-16(26-10-19(17,4)5)11-6-7-12(14(25)8-11)13(24)9-15(27)20(21,22)23/h6-7,9,14,25H,8,10,24H2,1-5H3. The van der Waals surface area contributed by atoms with Crippen LogP contribution in [0.3, 0.4) is 0 Å². The van der Waals surface area contributed by atoms with Gasteiger partial charge in [-0.25, -0.2) is 0 Å². The zero-order valence-electron chi connectivity index (χ0n) is 16.2. The largest absolute Gasteiger partial charge is 0.492 e. The fraction of sp³-hybridized carbons (Fsp3) is 0.550. The Labute approximate surface area is 163 Å². The molecule has 1 aliphatic carbocycles. The zero-order chi connectivity index (χ0) is 20.8. The molecule has 0 amide bonds. The van der Waals surface area contributed by atoms with Crippen LogP contribution in [-0.4, -0.2) is 28.9 Å². The summed E-state index contributed by atoms with van der Waals surface area (Å²) in [6.07, 6.45) is -1.48. The third kappa shape index (κ3) is 4.63. The van der Waals surface area contributed by atoms with Gasteiger partial charge in [-0.1, -0.05) is 59.0 Å². The highest BCUT2D eigenvalue weighted by atomic mass is 32.1. The van der Waals surface area contributed by atoms with Gasteiger partial charge in [-0.3, -0.25) is 0 Å². The van der Waals surface area contributed by atoms with E-state index in [1.807, 2.05) is 0 Å². The monoisotopic (exact) mass is 401 g/mol. The van der Waals surface area contributed by atoms with E-state index in [1.165, 1.54) is 6.08 Å². The van der Waals surface area contributed by atoms with Gasteiger partial charge in [0.1, 0.15) is 10.6 Å². The minimum atomic E-state index is -4.63. The third-order valence-electron chi connectivity index (χ3n) is 4.66. The number of nitrogens with two attached hydrogens (primary N) is 1. The Bertz CT molecular complexity index is 765. The van der Waals surface area contributed by atoms with E-state index in [1.54, 1.807) is 6.08 Å². The quantitative estimate of drug-likeness (QED) is 0.530. The van der Waals surface area contributed by atoms with Crippen LogP contribution >= 0.6 is 12.2 Å². The number of thiocarbonyl (C=S) groups is 1. The number of aliphatic hydroxyl groups is 1. The molecule has 150 valence electrons. The summed E-state index contributed by atoms with van der Waals surface area (Å²) in [7, 11) is 0. The van der Waals surface area contributed by atoms with Crippen molar-refractivity contribution < 1.29 is 23.0 Å². The molecule has 0 bridgehead atoms. The molecule has 1 heterocycles. The lowest BCUT2D eigenvalue weighted by atomic mass is 9.71. The van der Waals surface area contributed by atoms with E-state index in [0.29, 0.717) is 12.7 Å². The van der Waals surface area contributed by atoms with Crippen LogP contribution in [0.1, 0.15) is 41.0 Å². The van der Waals surface area contributed by atoms with Gasteiger partial charge >= 0.3 is 6.18 Å². The summed E-state index contributed by atoms with van der Waals surface area (Å²) < 4.78 is 43.8. The highest BCUT2D eigenvalue weighted by Gasteiger charge is 2.42. The molecule has 27 heavy (non-hydrogen) atoms. The molecule has 0 radical (unpaired) electrons. The van der Waals surface area contributed by atoms with Gasteiger partial charge in [0, 0.05) is 23.1 Å². The lowest BCUT2D eigenvalue weighted by Crippen LogP contribution is -2.26. The van der Waals surface area contributed by atoms with Crippen LogP contribution in [-0.2, 0) is 4.74 Å². The lowest BCUT2D eigenvalue weighted by molar-refractivity contribution is -0.0553. The Hall–Kier alpha value is -1.60. The van der Waals surface area contributed by atoms with Crippen LogP contribution < -0.4 is 5.73 Å². The Kier molecular flexibility index (Phi) is 5.70. The molecule has 0 aromatic carbocycles. The van der Waals surface area contributed by atoms with Crippen molar-refractivity contribution in [2.45, 2.75) is 53.3 Å². The summed E-state index contributed by atoms with van der Waals surface area (Å²) in [6, 6.07) is 0. The van der Waals surface area contributed by atoms with Crippen LogP contribution in [0.2, 0.25) is 0 Å². The fourth-order valence-electron chi connectivity index (χ4n) is 3.76. The average Bonchev–Trinajstić information content (AvgIpc) is 2.81. The Balaban J connectivity index is 2.42. The smallest absolute Gasteiger partial charge is 0.426 e. The summed E-state index contributed by atoms with van der Waals surface area (Å²) in [6.45, 7) is 11.1. The van der Waals surface area contributed by atoms with Crippen molar-refractivity contribution in [2.24, 2.45) is 16.6 Å². The normalized spacial score (nSPS) is 23.7. The van der Waals surface area contributed by atoms with Crippen molar-refractivity contribution in [3.05, 3.63) is 46.4 Å². The Morgan fingerprint density at radius 2 is 1.89 bits per heavy atom. The number of rotatable bonds is 3. The number of hydrogen-bond acceptors (Lipinski definition) is 4. The molecule has 1 aliphatic heterocycles. The van der Waals surface area contributed by atoms with E-state index >= 15 is 0 Å². The van der Waals surface area contributed by atoms with Gasteiger partial charge < -0.3 is 15.6 Å². The summed E-state index contributed by atoms with van der Waals surface area (Å²) in [5, 5.41) is 10.5. The first-order valence-corrected chi connectivity index (χ1v) is 9.11. The van der Waals surface area contributed by atoms with Gasteiger partial charge in [-0.05, 0) is 22.6 Å². The van der Waals surface area contributed by atoms with Crippen LogP contribution in [0.5, 0.6) is 0 Å². The molecular weight excluding hydrogens is 375 g/mol. The molecule has 2 rings (SSSR count). The molecule has 1 unspecified atom stereocenters. The summed E-state index contributed by atoms with van der Waals surface area (Å²) in [5.74, 6) is 0.759. The second-order valence-electron chi connectivity index (χ2n) is 8.62. The number of allylic oxidation sites excluding steroid dienone is 4. The third-order valence-corrected chi connectivity index (χ3v) is 5.01. The van der Waals surface area contributed by atoms with E-state index in [4.69, 9.17) is 10.5 Å². The van der Waals surface area contributed by atoms with Gasteiger partial charge in [-0.15, -0.1) is 0 Å². The highest BCUT2D eigenvalue weighted by molar-refractivity contribution is 7.80. The van der Waals surface area contributed by atoms with Crippen molar-refractivity contribution in [3.63, 3.8) is 0 Å². The molecule has 0 fully saturated rings. The first kappa shape index (κ1) is 21.7. The molecule has 0 spiro atoms. The predicted molar refractivity (Wildman–Crippen MR) is 104 cm³/mol. The van der Waals surface area contributed by atoms with Gasteiger partial charge in [0.2, 0.25) is 0 Å². The Morgan fingerprint density at radius 3 is 2.37 bits per heavy atom. The lowest BCUT2D eigenvalue weighted by Gasteiger charge is -2.31. The highest BCUT2D eigenvalue weighted by Crippen LogP contribution is 2.49. The summed E-state index contributed by atoms with van der Waals surface area (Å²) >= 11 is 4.33. The van der Waals surface area contributed by atoms with Crippen LogP contribution in [0.4, 0.5) is 13.2 Å².